The molecule has 6 heteroatoms. The molecule has 1 heterocycles. The van der Waals surface area contributed by atoms with E-state index in [4.69, 9.17) is 4.42 Å². The maximum atomic E-state index is 12.2. The first kappa shape index (κ1) is 13.3. The van der Waals surface area contributed by atoms with Gasteiger partial charge in [-0.25, -0.2) is 5.32 Å². The van der Waals surface area contributed by atoms with Crippen LogP contribution >= 0.6 is 0 Å². The topological polar surface area (TPSA) is 76.2 Å². The molecule has 2 rings (SSSR count). The van der Waals surface area contributed by atoms with E-state index in [0.717, 1.165) is 29.2 Å². The average molecular weight is 264 g/mol. The number of hydrogen-bond acceptors (Lipinski definition) is 5. The van der Waals surface area contributed by atoms with E-state index in [9.17, 15) is 5.21 Å². The third kappa shape index (κ3) is 2.52. The van der Waals surface area contributed by atoms with Crippen molar-refractivity contribution in [2.75, 3.05) is 35.6 Å². The molecule has 1 aromatic carbocycles. The first-order valence-corrected chi connectivity index (χ1v) is 6.62. The molecule has 0 unspecified atom stereocenters. The molecule has 0 bridgehead atoms. The summed E-state index contributed by atoms with van der Waals surface area (Å²) in [5.41, 5.74) is 2.81. The quantitative estimate of drug-likeness (QED) is 0.551. The van der Waals surface area contributed by atoms with Crippen LogP contribution in [-0.2, 0) is 0 Å². The van der Waals surface area contributed by atoms with Crippen molar-refractivity contribution in [2.24, 2.45) is 0 Å². The highest BCUT2D eigenvalue weighted by Gasteiger charge is 2.18. The zero-order valence-corrected chi connectivity index (χ0v) is 11.5. The van der Waals surface area contributed by atoms with Crippen LogP contribution in [0.5, 0.6) is 0 Å². The molecule has 0 aliphatic heterocycles. The van der Waals surface area contributed by atoms with Gasteiger partial charge in [0.25, 0.3) is 0 Å². The van der Waals surface area contributed by atoms with Gasteiger partial charge in [0.05, 0.1) is 12.2 Å². The molecule has 0 aliphatic carbocycles. The number of hydrogen-bond donors (Lipinski definition) is 3. The summed E-state index contributed by atoms with van der Waals surface area (Å²) < 4.78 is 6.37. The molecular formula is C13H20N4O2. The number of benzene rings is 1. The van der Waals surface area contributed by atoms with Crippen molar-refractivity contribution in [3.63, 3.8) is 0 Å². The van der Waals surface area contributed by atoms with Crippen LogP contribution in [0.3, 0.4) is 0 Å². The second-order valence-corrected chi connectivity index (χ2v) is 4.16. The van der Waals surface area contributed by atoms with Gasteiger partial charge in [0.2, 0.25) is 0 Å². The molecule has 0 amide bonds. The number of nitrogens with one attached hydrogen (secondary N) is 3. The molecule has 3 N–H and O–H groups in total. The van der Waals surface area contributed by atoms with Gasteiger partial charge in [-0.2, -0.15) is 4.73 Å². The maximum absolute atomic E-state index is 12.2. The fourth-order valence-electron chi connectivity index (χ4n) is 2.03. The number of rotatable bonds is 6. The smallest absolute Gasteiger partial charge is 0.458 e. The predicted octanol–water partition coefficient (Wildman–Crippen LogP) is 2.36. The van der Waals surface area contributed by atoms with E-state index in [1.807, 2.05) is 32.9 Å². The summed E-state index contributed by atoms with van der Waals surface area (Å²) in [6.07, 6.45) is 0. The van der Waals surface area contributed by atoms with Crippen LogP contribution in [0.25, 0.3) is 11.1 Å². The van der Waals surface area contributed by atoms with Crippen molar-refractivity contribution in [1.82, 2.24) is 0 Å². The number of aromatic nitrogens is 1. The summed E-state index contributed by atoms with van der Waals surface area (Å²) in [7, 11) is 0. The van der Waals surface area contributed by atoms with Crippen molar-refractivity contribution in [3.05, 3.63) is 17.3 Å². The Morgan fingerprint density at radius 3 is 2.37 bits per heavy atom. The molecule has 0 aliphatic rings. The number of anilines is 3. The van der Waals surface area contributed by atoms with Gasteiger partial charge in [-0.1, -0.05) is 0 Å². The summed E-state index contributed by atoms with van der Waals surface area (Å²) in [6.45, 7) is 8.13. The Bertz CT molecular complexity index is 565. The molecule has 6 nitrogen and oxygen atoms in total. The molecule has 2 aromatic rings. The van der Waals surface area contributed by atoms with Gasteiger partial charge in [0.1, 0.15) is 0 Å². The second-order valence-electron chi connectivity index (χ2n) is 4.16. The van der Waals surface area contributed by atoms with Gasteiger partial charge in [-0.3, -0.25) is 0 Å². The Morgan fingerprint density at radius 2 is 1.74 bits per heavy atom. The third-order valence-corrected chi connectivity index (χ3v) is 2.75. The largest absolute Gasteiger partial charge is 0.708 e. The van der Waals surface area contributed by atoms with E-state index in [-0.39, 0.29) is 6.01 Å². The molecule has 0 atom stereocenters. The summed E-state index contributed by atoms with van der Waals surface area (Å²) in [6, 6.07) is 3.99. The van der Waals surface area contributed by atoms with E-state index in [0.29, 0.717) is 17.6 Å². The van der Waals surface area contributed by atoms with Crippen LogP contribution < -0.4 is 20.7 Å². The molecule has 0 spiro atoms. The molecule has 104 valence electrons. The Kier molecular flexibility index (Phi) is 3.99. The molecule has 0 saturated heterocycles. The minimum absolute atomic E-state index is 0.227. The van der Waals surface area contributed by atoms with Gasteiger partial charge in [-0.15, -0.1) is 0 Å². The van der Waals surface area contributed by atoms with Crippen molar-refractivity contribution >= 4 is 28.5 Å². The number of fused-ring (bicyclic) bond motifs is 1. The second kappa shape index (κ2) is 5.69. The van der Waals surface area contributed by atoms with Crippen molar-refractivity contribution in [1.29, 1.82) is 0 Å². The Labute approximate surface area is 112 Å². The first-order valence-electron chi connectivity index (χ1n) is 6.62. The molecule has 0 saturated carbocycles. The summed E-state index contributed by atoms with van der Waals surface area (Å²) >= 11 is 0. The van der Waals surface area contributed by atoms with Gasteiger partial charge in [-0.05, 0) is 26.8 Å². The zero-order chi connectivity index (χ0) is 13.8. The highest BCUT2D eigenvalue weighted by Crippen LogP contribution is 2.28. The van der Waals surface area contributed by atoms with Crippen molar-refractivity contribution < 1.29 is 9.15 Å². The van der Waals surface area contributed by atoms with E-state index in [1.54, 1.807) is 0 Å². The lowest BCUT2D eigenvalue weighted by atomic mass is 10.2. The monoisotopic (exact) mass is 264 g/mol. The fourth-order valence-corrected chi connectivity index (χ4v) is 2.03. The van der Waals surface area contributed by atoms with Gasteiger partial charge in [0.15, 0.2) is 11.1 Å². The lowest BCUT2D eigenvalue weighted by Crippen LogP contribution is -2.29. The van der Waals surface area contributed by atoms with E-state index >= 15 is 0 Å². The van der Waals surface area contributed by atoms with Crippen LogP contribution in [-0.4, -0.2) is 19.6 Å². The Morgan fingerprint density at radius 1 is 1.05 bits per heavy atom. The van der Waals surface area contributed by atoms with Gasteiger partial charge in [0, 0.05) is 24.8 Å². The maximum Gasteiger partial charge on any atom is 0.458 e. The van der Waals surface area contributed by atoms with Crippen LogP contribution in [0.4, 0.5) is 17.4 Å². The Balaban J connectivity index is 2.58. The zero-order valence-electron chi connectivity index (χ0n) is 11.5. The van der Waals surface area contributed by atoms with Crippen molar-refractivity contribution in [2.45, 2.75) is 20.8 Å². The van der Waals surface area contributed by atoms with E-state index in [2.05, 4.69) is 16.0 Å². The van der Waals surface area contributed by atoms with Crippen molar-refractivity contribution in [3.8, 4) is 0 Å². The minimum atomic E-state index is 0.227. The molecule has 0 radical (unpaired) electrons. The molecule has 1 aromatic heterocycles. The standard InChI is InChI=1S/C13H20N4O2/c1-4-14-9-7-10(15-5-2)12-11(8-9)19-13(16-6-3)17(12)18/h7-8,14-16H,4-6H2,1-3H3. The molecule has 0 fully saturated rings. The fraction of sp³-hybridized carbons (Fsp3) is 0.462. The molecular weight excluding hydrogens is 244 g/mol. The van der Waals surface area contributed by atoms with E-state index < -0.39 is 0 Å². The average Bonchev–Trinajstić information content (AvgIpc) is 2.68. The highest BCUT2D eigenvalue weighted by atomic mass is 16.5. The number of oxazole rings is 1. The molecule has 19 heavy (non-hydrogen) atoms. The lowest BCUT2D eigenvalue weighted by molar-refractivity contribution is -0.565. The first-order chi connectivity index (χ1) is 9.21. The number of nitrogens with zero attached hydrogens (tertiary/aromatic N) is 1. The van der Waals surface area contributed by atoms with Crippen LogP contribution in [0.2, 0.25) is 0 Å². The van der Waals surface area contributed by atoms with Gasteiger partial charge < -0.3 is 20.3 Å². The van der Waals surface area contributed by atoms with Crippen LogP contribution in [0.1, 0.15) is 20.8 Å². The lowest BCUT2D eigenvalue weighted by Gasteiger charge is -2.09. The third-order valence-electron chi connectivity index (χ3n) is 2.75. The minimum Gasteiger partial charge on any atom is -0.708 e. The van der Waals surface area contributed by atoms with Gasteiger partial charge >= 0.3 is 6.01 Å². The summed E-state index contributed by atoms with van der Waals surface area (Å²) in [5, 5.41) is 21.5. The highest BCUT2D eigenvalue weighted by molar-refractivity contribution is 5.88. The summed E-state index contributed by atoms with van der Waals surface area (Å²) in [4.78, 5) is 0. The summed E-state index contributed by atoms with van der Waals surface area (Å²) in [5.74, 6) is 0. The van der Waals surface area contributed by atoms with Crippen LogP contribution in [0, 0.1) is 5.21 Å². The van der Waals surface area contributed by atoms with E-state index in [1.165, 1.54) is 0 Å². The normalized spacial score (nSPS) is 10.7. The predicted molar refractivity (Wildman–Crippen MR) is 77.7 cm³/mol. The van der Waals surface area contributed by atoms with Crippen LogP contribution in [0.15, 0.2) is 16.5 Å². The SMILES string of the molecule is CCNc1cc(NCC)c2c(c1)oc(NCC)[n+]2[O-]. The Hall–Kier alpha value is -2.11.